The van der Waals surface area contributed by atoms with Crippen LogP contribution in [0.3, 0.4) is 0 Å². The van der Waals surface area contributed by atoms with Gasteiger partial charge in [-0.3, -0.25) is 9.59 Å². The molecule has 0 spiro atoms. The average molecular weight is 499 g/mol. The minimum absolute atomic E-state index is 0.0713. The fourth-order valence-electron chi connectivity index (χ4n) is 5.03. The van der Waals surface area contributed by atoms with Crippen molar-refractivity contribution in [3.05, 3.63) is 83.9 Å². The molecule has 0 atom stereocenters. The maximum absolute atomic E-state index is 13.7. The molecule has 1 fully saturated rings. The summed E-state index contributed by atoms with van der Waals surface area (Å²) in [5.41, 5.74) is 6.51. The molecule has 0 radical (unpaired) electrons. The molecule has 0 aromatic heterocycles. The topological polar surface area (TPSA) is 49.9 Å². The van der Waals surface area contributed by atoms with Gasteiger partial charge in [0, 0.05) is 37.8 Å². The van der Waals surface area contributed by atoms with Crippen LogP contribution in [0.5, 0.6) is 0 Å². The Balaban J connectivity index is 1.55. The molecular formula is C32H38N2O3. The minimum atomic E-state index is -0.225. The van der Waals surface area contributed by atoms with E-state index in [1.54, 1.807) is 0 Å². The fraction of sp³-hybridized carbons (Fsp3) is 0.375. The van der Waals surface area contributed by atoms with E-state index in [4.69, 9.17) is 4.74 Å². The molecule has 0 aliphatic heterocycles. The Morgan fingerprint density at radius 2 is 1.46 bits per heavy atom. The van der Waals surface area contributed by atoms with Crippen molar-refractivity contribution >= 4 is 23.3 Å². The van der Waals surface area contributed by atoms with Gasteiger partial charge in [0.15, 0.2) is 0 Å². The van der Waals surface area contributed by atoms with Gasteiger partial charge in [0.05, 0.1) is 13.7 Å². The zero-order valence-electron chi connectivity index (χ0n) is 22.3. The Morgan fingerprint density at radius 1 is 0.811 bits per heavy atom. The number of methoxy groups -OCH3 is 1. The molecule has 194 valence electrons. The lowest BCUT2D eigenvalue weighted by molar-refractivity contribution is -0.140. The summed E-state index contributed by atoms with van der Waals surface area (Å²) in [7, 11) is 5.49. The summed E-state index contributed by atoms with van der Waals surface area (Å²) in [5.74, 6) is 0.0483. The van der Waals surface area contributed by atoms with Crippen LogP contribution >= 0.6 is 0 Å². The van der Waals surface area contributed by atoms with Crippen LogP contribution in [0.1, 0.15) is 49.7 Å². The molecule has 1 saturated carbocycles. The highest BCUT2D eigenvalue weighted by molar-refractivity contribution is 5.95. The standard InChI is InChI=1S/C32H38N2O3/c1-33(2)29-19-17-27(18-20-29)26-15-12-25(13-16-26)23-34(32(36)28-9-5-4-6-10-28)30-11-7-8-24(22-30)14-21-31(35)37-3/h7-8,11-13,15-20,22,28H,4-6,9-10,14,21,23H2,1-3H3. The second kappa shape index (κ2) is 12.6. The molecule has 3 aromatic carbocycles. The molecule has 5 nitrogen and oxygen atoms in total. The van der Waals surface area contributed by atoms with Crippen molar-refractivity contribution in [3.8, 4) is 11.1 Å². The summed E-state index contributed by atoms with van der Waals surface area (Å²) >= 11 is 0. The van der Waals surface area contributed by atoms with Crippen molar-refractivity contribution in [2.75, 3.05) is 31.0 Å². The van der Waals surface area contributed by atoms with Gasteiger partial charge in [-0.1, -0.05) is 67.8 Å². The van der Waals surface area contributed by atoms with Crippen LogP contribution in [0.25, 0.3) is 11.1 Å². The maximum atomic E-state index is 13.7. The van der Waals surface area contributed by atoms with Crippen molar-refractivity contribution in [1.82, 2.24) is 0 Å². The van der Waals surface area contributed by atoms with Gasteiger partial charge in [0.2, 0.25) is 5.91 Å². The third kappa shape index (κ3) is 7.00. The molecule has 1 amide bonds. The second-order valence-electron chi connectivity index (χ2n) is 10.1. The van der Waals surface area contributed by atoms with Gasteiger partial charge in [0.25, 0.3) is 0 Å². The molecule has 0 heterocycles. The number of hydrogen-bond donors (Lipinski definition) is 0. The third-order valence-corrected chi connectivity index (χ3v) is 7.30. The van der Waals surface area contributed by atoms with Gasteiger partial charge in [-0.2, -0.15) is 0 Å². The van der Waals surface area contributed by atoms with Gasteiger partial charge in [-0.25, -0.2) is 0 Å². The number of carbonyl (C=O) groups excluding carboxylic acids is 2. The molecule has 0 unspecified atom stereocenters. The molecule has 4 rings (SSSR count). The smallest absolute Gasteiger partial charge is 0.305 e. The van der Waals surface area contributed by atoms with Crippen molar-refractivity contribution in [3.63, 3.8) is 0 Å². The van der Waals surface area contributed by atoms with Crippen LogP contribution in [0.2, 0.25) is 0 Å². The number of anilines is 2. The number of amides is 1. The van der Waals surface area contributed by atoms with Gasteiger partial charge in [0.1, 0.15) is 0 Å². The Labute approximate surface area is 221 Å². The third-order valence-electron chi connectivity index (χ3n) is 7.30. The van der Waals surface area contributed by atoms with Crippen molar-refractivity contribution in [2.24, 2.45) is 5.92 Å². The minimum Gasteiger partial charge on any atom is -0.469 e. The van der Waals surface area contributed by atoms with Gasteiger partial charge >= 0.3 is 5.97 Å². The van der Waals surface area contributed by atoms with E-state index >= 15 is 0 Å². The van der Waals surface area contributed by atoms with E-state index in [0.717, 1.165) is 48.1 Å². The predicted octanol–water partition coefficient (Wildman–Crippen LogP) is 6.64. The highest BCUT2D eigenvalue weighted by Crippen LogP contribution is 2.30. The first kappa shape index (κ1) is 26.5. The molecule has 3 aromatic rings. The van der Waals surface area contributed by atoms with Crippen molar-refractivity contribution in [2.45, 2.75) is 51.5 Å². The highest BCUT2D eigenvalue weighted by atomic mass is 16.5. The Hall–Kier alpha value is -3.60. The fourth-order valence-corrected chi connectivity index (χ4v) is 5.03. The number of benzene rings is 3. The van der Waals surface area contributed by atoms with Crippen LogP contribution in [-0.2, 0) is 27.3 Å². The number of rotatable bonds is 9. The predicted molar refractivity (Wildman–Crippen MR) is 151 cm³/mol. The summed E-state index contributed by atoms with van der Waals surface area (Å²) in [4.78, 5) is 29.4. The summed E-state index contributed by atoms with van der Waals surface area (Å²) in [6.45, 7) is 0.523. The van der Waals surface area contributed by atoms with Crippen LogP contribution in [0.15, 0.2) is 72.8 Å². The Kier molecular flexibility index (Phi) is 8.99. The molecule has 0 bridgehead atoms. The summed E-state index contributed by atoms with van der Waals surface area (Å²) in [5, 5.41) is 0. The van der Waals surface area contributed by atoms with E-state index in [1.165, 1.54) is 24.8 Å². The van der Waals surface area contributed by atoms with Crippen LogP contribution < -0.4 is 9.80 Å². The molecule has 5 heteroatoms. The lowest BCUT2D eigenvalue weighted by atomic mass is 9.88. The Morgan fingerprint density at radius 3 is 2.08 bits per heavy atom. The first-order chi connectivity index (χ1) is 17.9. The number of esters is 1. The van der Waals surface area contributed by atoms with E-state index in [1.807, 2.05) is 43.3 Å². The number of nitrogens with zero attached hydrogens (tertiary/aromatic N) is 2. The monoisotopic (exact) mass is 498 g/mol. The molecule has 0 saturated heterocycles. The average Bonchev–Trinajstić information content (AvgIpc) is 2.95. The largest absolute Gasteiger partial charge is 0.469 e. The first-order valence-corrected chi connectivity index (χ1v) is 13.3. The highest BCUT2D eigenvalue weighted by Gasteiger charge is 2.27. The van der Waals surface area contributed by atoms with Crippen LogP contribution in [0.4, 0.5) is 11.4 Å². The number of aryl methyl sites for hydroxylation is 1. The number of ether oxygens (including phenoxy) is 1. The van der Waals surface area contributed by atoms with E-state index in [-0.39, 0.29) is 17.8 Å². The summed E-state index contributed by atoms with van der Waals surface area (Å²) in [6, 6.07) is 25.1. The maximum Gasteiger partial charge on any atom is 0.305 e. The summed E-state index contributed by atoms with van der Waals surface area (Å²) in [6.07, 6.45) is 6.28. The lowest BCUT2D eigenvalue weighted by Gasteiger charge is -2.30. The first-order valence-electron chi connectivity index (χ1n) is 13.3. The lowest BCUT2D eigenvalue weighted by Crippen LogP contribution is -2.36. The van der Waals surface area contributed by atoms with E-state index in [0.29, 0.717) is 19.4 Å². The van der Waals surface area contributed by atoms with Crippen LogP contribution in [-0.4, -0.2) is 33.1 Å². The normalized spacial score (nSPS) is 13.7. The van der Waals surface area contributed by atoms with Crippen molar-refractivity contribution in [1.29, 1.82) is 0 Å². The summed E-state index contributed by atoms with van der Waals surface area (Å²) < 4.78 is 4.80. The molecule has 1 aliphatic rings. The van der Waals surface area contributed by atoms with E-state index < -0.39 is 0 Å². The zero-order valence-corrected chi connectivity index (χ0v) is 22.3. The molecule has 0 N–H and O–H groups in total. The molecular weight excluding hydrogens is 460 g/mol. The SMILES string of the molecule is COC(=O)CCc1cccc(N(Cc2ccc(-c3ccc(N(C)C)cc3)cc2)C(=O)C2CCCCC2)c1. The molecule has 37 heavy (non-hydrogen) atoms. The van der Waals surface area contributed by atoms with Gasteiger partial charge < -0.3 is 14.5 Å². The van der Waals surface area contributed by atoms with E-state index in [2.05, 4.69) is 53.4 Å². The van der Waals surface area contributed by atoms with Gasteiger partial charge in [-0.15, -0.1) is 0 Å². The number of hydrogen-bond acceptors (Lipinski definition) is 4. The zero-order chi connectivity index (χ0) is 26.2. The second-order valence-corrected chi connectivity index (χ2v) is 10.1. The van der Waals surface area contributed by atoms with Gasteiger partial charge in [-0.05, 0) is 65.8 Å². The molecule has 1 aliphatic carbocycles. The van der Waals surface area contributed by atoms with Crippen LogP contribution in [0, 0.1) is 5.92 Å². The quantitative estimate of drug-likeness (QED) is 0.310. The number of carbonyl (C=O) groups is 2. The van der Waals surface area contributed by atoms with E-state index in [9.17, 15) is 9.59 Å². The van der Waals surface area contributed by atoms with Crippen molar-refractivity contribution < 1.29 is 14.3 Å². The Bertz CT molecular complexity index is 1180.